The van der Waals surface area contributed by atoms with Crippen molar-refractivity contribution in [3.63, 3.8) is 0 Å². The zero-order valence-electron chi connectivity index (χ0n) is 10.5. The summed E-state index contributed by atoms with van der Waals surface area (Å²) >= 11 is 0. The third-order valence-electron chi connectivity index (χ3n) is 2.74. The summed E-state index contributed by atoms with van der Waals surface area (Å²) in [6.45, 7) is 1.62. The van der Waals surface area contributed by atoms with E-state index in [0.29, 0.717) is 5.69 Å². The minimum absolute atomic E-state index is 0.0674. The third-order valence-corrected chi connectivity index (χ3v) is 2.74. The maximum Gasteiger partial charge on any atom is 0.254 e. The molecule has 5 nitrogen and oxygen atoms in total. The minimum Gasteiger partial charge on any atom is -0.335 e. The Morgan fingerprint density at radius 2 is 1.71 bits per heavy atom. The fraction of sp³-hybridized carbons (Fsp3) is 0.0833. The van der Waals surface area contributed by atoms with Gasteiger partial charge >= 0.3 is 0 Å². The van der Waals surface area contributed by atoms with Gasteiger partial charge in [0.2, 0.25) is 0 Å². The summed E-state index contributed by atoms with van der Waals surface area (Å²) in [5.41, 5.74) is -0.467. The van der Waals surface area contributed by atoms with Crippen LogP contribution in [-0.4, -0.2) is 19.6 Å². The Hall–Kier alpha value is -2.71. The molecule has 0 amide bonds. The van der Waals surface area contributed by atoms with E-state index in [-0.39, 0.29) is 17.7 Å². The van der Waals surface area contributed by atoms with Gasteiger partial charge in [-0.3, -0.25) is 0 Å². The van der Waals surface area contributed by atoms with E-state index in [4.69, 9.17) is 0 Å². The van der Waals surface area contributed by atoms with E-state index in [1.54, 1.807) is 6.92 Å². The Morgan fingerprint density at radius 1 is 1.05 bits per heavy atom. The van der Waals surface area contributed by atoms with E-state index in [2.05, 4.69) is 20.4 Å². The number of nitrogens with one attached hydrogen (secondary N) is 1. The Labute approximate surface area is 115 Å². The highest BCUT2D eigenvalue weighted by atomic mass is 19.2. The van der Waals surface area contributed by atoms with Crippen LogP contribution in [0.1, 0.15) is 5.69 Å². The zero-order valence-corrected chi connectivity index (χ0v) is 10.5. The Morgan fingerprint density at radius 3 is 2.38 bits per heavy atom. The van der Waals surface area contributed by atoms with Crippen molar-refractivity contribution in [2.24, 2.45) is 0 Å². The van der Waals surface area contributed by atoms with Crippen molar-refractivity contribution in [1.29, 1.82) is 0 Å². The lowest BCUT2D eigenvalue weighted by atomic mass is 10.2. The lowest BCUT2D eigenvalue weighted by Gasteiger charge is -2.11. The first-order valence-electron chi connectivity index (χ1n) is 5.75. The van der Waals surface area contributed by atoms with Crippen LogP contribution in [-0.2, 0) is 0 Å². The van der Waals surface area contributed by atoms with Crippen LogP contribution < -0.4 is 5.32 Å². The van der Waals surface area contributed by atoms with Crippen molar-refractivity contribution in [1.82, 2.24) is 19.6 Å². The molecule has 1 N–H and O–H groups in total. The number of anilines is 2. The van der Waals surface area contributed by atoms with Crippen LogP contribution in [0.2, 0.25) is 0 Å². The number of nitrogens with zero attached hydrogens (tertiary/aromatic N) is 4. The first-order valence-corrected chi connectivity index (χ1v) is 5.75. The van der Waals surface area contributed by atoms with Crippen LogP contribution in [0.3, 0.4) is 0 Å². The molecule has 0 aliphatic rings. The second-order valence-electron chi connectivity index (χ2n) is 4.22. The molecule has 0 bridgehead atoms. The molecule has 3 rings (SSSR count). The molecule has 0 fully saturated rings. The Kier molecular flexibility index (Phi) is 2.96. The Balaban J connectivity index is 2.17. The molecular weight excluding hydrogens is 290 g/mol. The minimum atomic E-state index is -1.53. The topological polar surface area (TPSA) is 55.1 Å². The van der Waals surface area contributed by atoms with E-state index in [0.717, 1.165) is 4.52 Å². The standard InChI is InChI=1S/C12H7F4N5/c1-5-2-8(21-12(19-5)17-4-18-21)20-11-9(15)6(13)3-7(14)10(11)16/h2-4,20H,1H3. The molecule has 0 spiro atoms. The van der Waals surface area contributed by atoms with Crippen molar-refractivity contribution < 1.29 is 17.6 Å². The molecule has 0 radical (unpaired) electrons. The summed E-state index contributed by atoms with van der Waals surface area (Å²) < 4.78 is 54.8. The van der Waals surface area contributed by atoms with Crippen LogP contribution in [0, 0.1) is 30.2 Å². The van der Waals surface area contributed by atoms with Gasteiger partial charge < -0.3 is 5.32 Å². The lowest BCUT2D eigenvalue weighted by Crippen LogP contribution is -2.07. The summed E-state index contributed by atoms with van der Waals surface area (Å²) in [6, 6.07) is 1.54. The van der Waals surface area contributed by atoms with Crippen molar-refractivity contribution in [2.75, 3.05) is 5.32 Å². The fourth-order valence-corrected chi connectivity index (χ4v) is 1.83. The van der Waals surface area contributed by atoms with Crippen LogP contribution in [0.25, 0.3) is 5.78 Å². The molecule has 0 saturated carbocycles. The van der Waals surface area contributed by atoms with E-state index in [9.17, 15) is 17.6 Å². The molecule has 21 heavy (non-hydrogen) atoms. The molecule has 9 heteroatoms. The quantitative estimate of drug-likeness (QED) is 0.584. The second-order valence-corrected chi connectivity index (χ2v) is 4.22. The highest BCUT2D eigenvalue weighted by molar-refractivity contribution is 5.60. The molecule has 0 saturated heterocycles. The summed E-state index contributed by atoms with van der Waals surface area (Å²) in [5.74, 6) is -5.82. The average molecular weight is 297 g/mol. The molecule has 0 unspecified atom stereocenters. The first kappa shape index (κ1) is 13.3. The summed E-state index contributed by atoms with van der Waals surface area (Å²) in [5, 5.41) is 6.09. The lowest BCUT2D eigenvalue weighted by molar-refractivity contribution is 0.459. The van der Waals surface area contributed by atoms with Gasteiger partial charge in [0.05, 0.1) is 0 Å². The SMILES string of the molecule is Cc1cc(Nc2c(F)c(F)cc(F)c2F)n2ncnc2n1. The maximum atomic E-state index is 13.6. The smallest absolute Gasteiger partial charge is 0.254 e. The normalized spacial score (nSPS) is 11.1. The van der Waals surface area contributed by atoms with E-state index in [1.807, 2.05) is 0 Å². The predicted molar refractivity (Wildman–Crippen MR) is 65.1 cm³/mol. The number of hydrogen-bond acceptors (Lipinski definition) is 4. The number of fused-ring (bicyclic) bond motifs is 1. The number of benzene rings is 1. The molecule has 108 valence electrons. The first-order chi connectivity index (χ1) is 9.97. The average Bonchev–Trinajstić information content (AvgIpc) is 2.89. The summed E-state index contributed by atoms with van der Waals surface area (Å²) in [6.07, 6.45) is 1.19. The van der Waals surface area contributed by atoms with E-state index < -0.39 is 29.0 Å². The van der Waals surface area contributed by atoms with Crippen LogP contribution in [0.4, 0.5) is 29.1 Å². The highest BCUT2D eigenvalue weighted by Crippen LogP contribution is 2.27. The van der Waals surface area contributed by atoms with Gasteiger partial charge in [0.25, 0.3) is 5.78 Å². The van der Waals surface area contributed by atoms with Crippen molar-refractivity contribution in [3.05, 3.63) is 47.4 Å². The molecule has 2 aromatic heterocycles. The number of halogens is 4. The van der Waals surface area contributed by atoms with Gasteiger partial charge in [-0.25, -0.2) is 22.5 Å². The van der Waals surface area contributed by atoms with Gasteiger partial charge in [0.1, 0.15) is 17.8 Å². The third kappa shape index (κ3) is 2.16. The van der Waals surface area contributed by atoms with Gasteiger partial charge in [-0.2, -0.15) is 14.6 Å². The van der Waals surface area contributed by atoms with Gasteiger partial charge in [0, 0.05) is 17.8 Å². The van der Waals surface area contributed by atoms with E-state index in [1.165, 1.54) is 12.4 Å². The largest absolute Gasteiger partial charge is 0.335 e. The summed E-state index contributed by atoms with van der Waals surface area (Å²) in [7, 11) is 0. The number of rotatable bonds is 2. The molecule has 3 aromatic rings. The monoisotopic (exact) mass is 297 g/mol. The van der Waals surface area contributed by atoms with Crippen molar-refractivity contribution in [3.8, 4) is 0 Å². The van der Waals surface area contributed by atoms with E-state index >= 15 is 0 Å². The fourth-order valence-electron chi connectivity index (χ4n) is 1.83. The van der Waals surface area contributed by atoms with Gasteiger partial charge in [-0.1, -0.05) is 0 Å². The second kappa shape index (κ2) is 4.69. The molecule has 0 atom stereocenters. The van der Waals surface area contributed by atoms with Crippen molar-refractivity contribution >= 4 is 17.3 Å². The molecule has 0 aliphatic carbocycles. The molecule has 1 aromatic carbocycles. The number of aryl methyl sites for hydroxylation is 1. The number of hydrogen-bond donors (Lipinski definition) is 1. The number of aromatic nitrogens is 4. The van der Waals surface area contributed by atoms with Crippen LogP contribution in [0.15, 0.2) is 18.5 Å². The highest BCUT2D eigenvalue weighted by Gasteiger charge is 2.20. The summed E-state index contributed by atoms with van der Waals surface area (Å²) in [4.78, 5) is 7.86. The molecule has 2 heterocycles. The van der Waals surface area contributed by atoms with Gasteiger partial charge in [-0.05, 0) is 6.92 Å². The van der Waals surface area contributed by atoms with Crippen molar-refractivity contribution in [2.45, 2.75) is 6.92 Å². The Bertz CT molecular complexity index is 819. The van der Waals surface area contributed by atoms with Crippen LogP contribution >= 0.6 is 0 Å². The zero-order chi connectivity index (χ0) is 15.1. The van der Waals surface area contributed by atoms with Gasteiger partial charge in [-0.15, -0.1) is 0 Å². The van der Waals surface area contributed by atoms with Crippen LogP contribution in [0.5, 0.6) is 0 Å². The molecular formula is C12H7F4N5. The van der Waals surface area contributed by atoms with Gasteiger partial charge in [0.15, 0.2) is 23.3 Å². The molecule has 0 aliphatic heterocycles. The predicted octanol–water partition coefficient (Wildman–Crippen LogP) is 2.73. The maximum absolute atomic E-state index is 13.6.